The number of nitrogens with two attached hydrogens (primary N) is 1. The van der Waals surface area contributed by atoms with Crippen molar-refractivity contribution in [1.29, 1.82) is 0 Å². The molecule has 34 heavy (non-hydrogen) atoms. The van der Waals surface area contributed by atoms with E-state index in [0.29, 0.717) is 29.2 Å². The fraction of sp³-hybridized carbons (Fsp3) is 0.250. The van der Waals surface area contributed by atoms with Gasteiger partial charge in [-0.3, -0.25) is 14.9 Å². The lowest BCUT2D eigenvalue weighted by molar-refractivity contribution is -0.384. The van der Waals surface area contributed by atoms with Gasteiger partial charge in [0.1, 0.15) is 0 Å². The number of benzene rings is 2. The van der Waals surface area contributed by atoms with Gasteiger partial charge in [0.2, 0.25) is 5.88 Å². The van der Waals surface area contributed by atoms with Crippen LogP contribution in [0.25, 0.3) is 11.3 Å². The van der Waals surface area contributed by atoms with Crippen molar-refractivity contribution < 1.29 is 14.5 Å². The number of aromatic nitrogens is 1. The predicted octanol–water partition coefficient (Wildman–Crippen LogP) is 3.41. The van der Waals surface area contributed by atoms with Gasteiger partial charge in [0, 0.05) is 42.6 Å². The van der Waals surface area contributed by atoms with Gasteiger partial charge in [-0.15, -0.1) is 0 Å². The number of amides is 1. The number of nitro benzene ring substituents is 1. The summed E-state index contributed by atoms with van der Waals surface area (Å²) in [6, 6.07) is 19.3. The van der Waals surface area contributed by atoms with Gasteiger partial charge in [-0.1, -0.05) is 42.5 Å². The zero-order valence-corrected chi connectivity index (χ0v) is 19.6. The Morgan fingerprint density at radius 2 is 1.94 bits per heavy atom. The molecule has 2 atom stereocenters. The fourth-order valence-corrected chi connectivity index (χ4v) is 3.20. The van der Waals surface area contributed by atoms with Gasteiger partial charge in [0.25, 0.3) is 11.6 Å². The lowest BCUT2D eigenvalue weighted by Crippen LogP contribution is -2.36. The first-order valence-electron chi connectivity index (χ1n) is 10.7. The SMILES string of the molecule is C[C@@H](Oc1nc(-c2ccccc2)ccc1NCC(N)CS)C(=O)NCc1cccc([N+](=O)[O-])c1. The van der Waals surface area contributed by atoms with Crippen LogP contribution in [0.5, 0.6) is 5.88 Å². The molecule has 0 bridgehead atoms. The molecule has 0 aliphatic rings. The van der Waals surface area contributed by atoms with Crippen LogP contribution >= 0.6 is 12.6 Å². The first-order chi connectivity index (χ1) is 16.4. The van der Waals surface area contributed by atoms with Crippen LogP contribution in [0.2, 0.25) is 0 Å². The van der Waals surface area contributed by atoms with Crippen molar-refractivity contribution in [2.75, 3.05) is 17.6 Å². The number of nitro groups is 1. The molecule has 2 aromatic carbocycles. The van der Waals surface area contributed by atoms with E-state index < -0.39 is 11.0 Å². The van der Waals surface area contributed by atoms with E-state index in [0.717, 1.165) is 5.56 Å². The molecule has 0 saturated heterocycles. The largest absolute Gasteiger partial charge is 0.463 e. The minimum absolute atomic E-state index is 0.0342. The van der Waals surface area contributed by atoms with E-state index in [-0.39, 0.29) is 30.1 Å². The van der Waals surface area contributed by atoms with E-state index >= 15 is 0 Å². The number of non-ortho nitro benzene ring substituents is 1. The topological polar surface area (TPSA) is 132 Å². The number of pyridine rings is 1. The Hall–Kier alpha value is -3.63. The summed E-state index contributed by atoms with van der Waals surface area (Å²) < 4.78 is 5.93. The number of nitrogens with one attached hydrogen (secondary N) is 2. The van der Waals surface area contributed by atoms with Crippen molar-refractivity contribution in [3.05, 3.63) is 82.4 Å². The van der Waals surface area contributed by atoms with Gasteiger partial charge in [0.05, 0.1) is 16.3 Å². The van der Waals surface area contributed by atoms with Crippen LogP contribution in [-0.4, -0.2) is 40.3 Å². The summed E-state index contributed by atoms with van der Waals surface area (Å²) in [7, 11) is 0. The summed E-state index contributed by atoms with van der Waals surface area (Å²) in [5.74, 6) is 0.400. The number of hydrogen-bond donors (Lipinski definition) is 4. The second kappa shape index (κ2) is 12.0. The van der Waals surface area contributed by atoms with Crippen LogP contribution in [0.15, 0.2) is 66.7 Å². The van der Waals surface area contributed by atoms with Gasteiger partial charge in [-0.2, -0.15) is 12.6 Å². The zero-order chi connectivity index (χ0) is 24.5. The maximum atomic E-state index is 12.7. The highest BCUT2D eigenvalue weighted by Crippen LogP contribution is 2.28. The smallest absolute Gasteiger partial charge is 0.269 e. The van der Waals surface area contributed by atoms with Crippen LogP contribution in [-0.2, 0) is 11.3 Å². The Kier molecular flexibility index (Phi) is 8.83. The average molecular weight is 482 g/mol. The van der Waals surface area contributed by atoms with Crippen molar-refractivity contribution in [3.8, 4) is 17.1 Å². The molecule has 1 aromatic heterocycles. The number of carbonyl (C=O) groups excluding carboxylic acids is 1. The second-order valence-corrected chi connectivity index (χ2v) is 8.01. The third-order valence-electron chi connectivity index (χ3n) is 4.96. The molecule has 3 rings (SSSR count). The molecular formula is C24H27N5O4S. The van der Waals surface area contributed by atoms with E-state index in [1.165, 1.54) is 12.1 Å². The van der Waals surface area contributed by atoms with E-state index in [1.807, 2.05) is 42.5 Å². The molecule has 1 heterocycles. The summed E-state index contributed by atoms with van der Waals surface area (Å²) in [6.07, 6.45) is -0.865. The molecule has 0 aliphatic heterocycles. The van der Waals surface area contributed by atoms with Crippen LogP contribution in [0.1, 0.15) is 12.5 Å². The van der Waals surface area contributed by atoms with Gasteiger partial charge < -0.3 is 21.1 Å². The highest BCUT2D eigenvalue weighted by molar-refractivity contribution is 7.80. The molecule has 4 N–H and O–H groups in total. The minimum Gasteiger partial charge on any atom is -0.463 e. The first-order valence-corrected chi connectivity index (χ1v) is 11.3. The Bertz CT molecular complexity index is 1130. The molecule has 0 spiro atoms. The number of nitrogens with zero attached hydrogens (tertiary/aromatic N) is 2. The number of ether oxygens (including phenoxy) is 1. The maximum Gasteiger partial charge on any atom is 0.269 e. The molecule has 0 saturated carbocycles. The van der Waals surface area contributed by atoms with E-state index in [2.05, 4.69) is 28.2 Å². The highest BCUT2D eigenvalue weighted by atomic mass is 32.1. The number of rotatable bonds is 11. The van der Waals surface area contributed by atoms with Gasteiger partial charge in [-0.25, -0.2) is 4.98 Å². The zero-order valence-electron chi connectivity index (χ0n) is 18.7. The van der Waals surface area contributed by atoms with Gasteiger partial charge >= 0.3 is 0 Å². The Morgan fingerprint density at radius 3 is 2.65 bits per heavy atom. The molecule has 10 heteroatoms. The number of carbonyl (C=O) groups is 1. The van der Waals surface area contributed by atoms with Crippen molar-refractivity contribution in [2.24, 2.45) is 5.73 Å². The molecule has 1 unspecified atom stereocenters. The Morgan fingerprint density at radius 1 is 1.18 bits per heavy atom. The lowest BCUT2D eigenvalue weighted by Gasteiger charge is -2.19. The lowest BCUT2D eigenvalue weighted by atomic mass is 10.1. The summed E-state index contributed by atoms with van der Waals surface area (Å²) in [4.78, 5) is 27.8. The normalized spacial score (nSPS) is 12.4. The highest BCUT2D eigenvalue weighted by Gasteiger charge is 2.19. The van der Waals surface area contributed by atoms with Crippen LogP contribution in [0.4, 0.5) is 11.4 Å². The summed E-state index contributed by atoms with van der Waals surface area (Å²) in [5.41, 5.74) is 8.75. The van der Waals surface area contributed by atoms with E-state index in [4.69, 9.17) is 10.5 Å². The molecule has 0 fully saturated rings. The quantitative estimate of drug-likeness (QED) is 0.187. The van der Waals surface area contributed by atoms with Crippen LogP contribution in [0, 0.1) is 10.1 Å². The number of hydrogen-bond acceptors (Lipinski definition) is 8. The molecule has 1 amide bonds. The monoisotopic (exact) mass is 481 g/mol. The average Bonchev–Trinajstić information content (AvgIpc) is 2.86. The molecular weight excluding hydrogens is 454 g/mol. The molecule has 9 nitrogen and oxygen atoms in total. The molecule has 0 aliphatic carbocycles. The Balaban J connectivity index is 1.73. The first kappa shape index (κ1) is 25.0. The number of anilines is 1. The second-order valence-electron chi connectivity index (χ2n) is 7.64. The van der Waals surface area contributed by atoms with Crippen molar-refractivity contribution >= 4 is 29.9 Å². The third-order valence-corrected chi connectivity index (χ3v) is 5.43. The van der Waals surface area contributed by atoms with E-state index in [9.17, 15) is 14.9 Å². The fourth-order valence-electron chi connectivity index (χ4n) is 3.07. The standard InChI is InChI=1S/C24H27N5O4S/c1-16(23(30)27-13-17-6-5-9-20(12-17)29(31)32)33-24-22(26-14-19(25)15-34)11-10-21(28-24)18-7-3-2-4-8-18/h2-12,16,19,26,34H,13-15,25H2,1H3,(H,27,30)/t16-,19?/m1/s1. The van der Waals surface area contributed by atoms with Crippen molar-refractivity contribution in [1.82, 2.24) is 10.3 Å². The maximum absolute atomic E-state index is 12.7. The molecule has 178 valence electrons. The van der Waals surface area contributed by atoms with Gasteiger partial charge in [-0.05, 0) is 24.6 Å². The van der Waals surface area contributed by atoms with E-state index in [1.54, 1.807) is 19.1 Å². The minimum atomic E-state index is -0.865. The third kappa shape index (κ3) is 6.93. The molecule has 3 aromatic rings. The molecule has 0 radical (unpaired) electrons. The van der Waals surface area contributed by atoms with Gasteiger partial charge in [0.15, 0.2) is 6.10 Å². The Labute approximate surface area is 203 Å². The summed E-state index contributed by atoms with van der Waals surface area (Å²) >= 11 is 4.20. The summed E-state index contributed by atoms with van der Waals surface area (Å²) in [6.45, 7) is 2.20. The van der Waals surface area contributed by atoms with Crippen molar-refractivity contribution in [3.63, 3.8) is 0 Å². The van der Waals surface area contributed by atoms with Crippen LogP contribution < -0.4 is 21.1 Å². The van der Waals surface area contributed by atoms with Crippen LogP contribution in [0.3, 0.4) is 0 Å². The van der Waals surface area contributed by atoms with Crippen molar-refractivity contribution in [2.45, 2.75) is 25.6 Å². The number of thiol groups is 1. The summed E-state index contributed by atoms with van der Waals surface area (Å²) in [5, 5.41) is 16.9. The predicted molar refractivity (Wildman–Crippen MR) is 135 cm³/mol.